The summed E-state index contributed by atoms with van der Waals surface area (Å²) in [6, 6.07) is 0. The fraction of sp³-hybridized carbons (Fsp3) is 1.00. The lowest BCUT2D eigenvalue weighted by atomic mass is 9.91. The van der Waals surface area contributed by atoms with Crippen molar-refractivity contribution in [2.24, 2.45) is 11.8 Å². The summed E-state index contributed by atoms with van der Waals surface area (Å²) in [6.07, 6.45) is 2.71. The van der Waals surface area contributed by atoms with Crippen LogP contribution in [0.3, 0.4) is 0 Å². The second kappa shape index (κ2) is 4.00. The molecule has 1 rings (SSSR count). The van der Waals surface area contributed by atoms with E-state index >= 15 is 0 Å². The maximum Gasteiger partial charge on any atom is 0.0155 e. The SMILES string of the molecule is CC(C)CC(C)(C)N1CCC(C)C1. The average Bonchev–Trinajstić information content (AvgIpc) is 2.32. The Morgan fingerprint density at radius 2 is 2.00 bits per heavy atom. The van der Waals surface area contributed by atoms with Crippen molar-refractivity contribution in [3.63, 3.8) is 0 Å². The molecule has 0 aromatic rings. The van der Waals surface area contributed by atoms with Crippen molar-refractivity contribution in [3.8, 4) is 0 Å². The minimum atomic E-state index is 0.416. The molecular formula is C12H25N. The first-order valence-corrected chi connectivity index (χ1v) is 5.67. The van der Waals surface area contributed by atoms with Gasteiger partial charge >= 0.3 is 0 Å². The molecule has 0 aromatic carbocycles. The highest BCUT2D eigenvalue weighted by atomic mass is 15.2. The van der Waals surface area contributed by atoms with Gasteiger partial charge in [0, 0.05) is 12.1 Å². The Morgan fingerprint density at radius 1 is 1.38 bits per heavy atom. The van der Waals surface area contributed by atoms with Crippen molar-refractivity contribution < 1.29 is 0 Å². The first-order chi connectivity index (χ1) is 5.92. The molecule has 0 saturated carbocycles. The summed E-state index contributed by atoms with van der Waals surface area (Å²) in [4.78, 5) is 2.66. The highest BCUT2D eigenvalue weighted by molar-refractivity contribution is 4.87. The number of hydrogen-bond donors (Lipinski definition) is 0. The molecule has 1 saturated heterocycles. The van der Waals surface area contributed by atoms with Gasteiger partial charge in [-0.25, -0.2) is 0 Å². The lowest BCUT2D eigenvalue weighted by molar-refractivity contribution is 0.124. The van der Waals surface area contributed by atoms with Crippen molar-refractivity contribution in [2.75, 3.05) is 13.1 Å². The van der Waals surface area contributed by atoms with Crippen molar-refractivity contribution in [1.82, 2.24) is 4.90 Å². The summed E-state index contributed by atoms with van der Waals surface area (Å²) in [5.74, 6) is 1.72. The monoisotopic (exact) mass is 183 g/mol. The molecule has 0 aliphatic carbocycles. The Hall–Kier alpha value is -0.0400. The summed E-state index contributed by atoms with van der Waals surface area (Å²) >= 11 is 0. The Labute approximate surface area is 83.5 Å². The van der Waals surface area contributed by atoms with Crippen LogP contribution in [-0.4, -0.2) is 23.5 Å². The molecule has 1 atom stereocenters. The minimum absolute atomic E-state index is 0.416. The largest absolute Gasteiger partial charge is 0.298 e. The first kappa shape index (κ1) is 11.0. The second-order valence-corrected chi connectivity index (χ2v) is 5.75. The molecule has 1 heteroatoms. The molecule has 78 valence electrons. The number of nitrogens with zero attached hydrogens (tertiary/aromatic N) is 1. The normalized spacial score (nSPS) is 25.8. The van der Waals surface area contributed by atoms with E-state index in [1.54, 1.807) is 0 Å². The van der Waals surface area contributed by atoms with Crippen LogP contribution in [0.1, 0.15) is 47.5 Å². The summed E-state index contributed by atoms with van der Waals surface area (Å²) in [5.41, 5.74) is 0.416. The van der Waals surface area contributed by atoms with E-state index in [2.05, 4.69) is 39.5 Å². The predicted molar refractivity (Wildman–Crippen MR) is 58.9 cm³/mol. The van der Waals surface area contributed by atoms with Crippen molar-refractivity contribution in [3.05, 3.63) is 0 Å². The Bertz CT molecular complexity index is 161. The van der Waals surface area contributed by atoms with E-state index in [4.69, 9.17) is 0 Å². The number of rotatable bonds is 3. The zero-order chi connectivity index (χ0) is 10.1. The fourth-order valence-electron chi connectivity index (χ4n) is 2.61. The first-order valence-electron chi connectivity index (χ1n) is 5.67. The van der Waals surface area contributed by atoms with Gasteiger partial charge in [-0.3, -0.25) is 4.90 Å². The van der Waals surface area contributed by atoms with Crippen LogP contribution in [0.4, 0.5) is 0 Å². The van der Waals surface area contributed by atoms with Gasteiger partial charge in [0.2, 0.25) is 0 Å². The maximum atomic E-state index is 2.66. The van der Waals surface area contributed by atoms with Gasteiger partial charge in [-0.1, -0.05) is 20.8 Å². The topological polar surface area (TPSA) is 3.24 Å². The molecule has 1 unspecified atom stereocenters. The van der Waals surface area contributed by atoms with Gasteiger partial charge in [0.15, 0.2) is 0 Å². The molecule has 1 aliphatic rings. The molecule has 1 nitrogen and oxygen atoms in total. The summed E-state index contributed by atoms with van der Waals surface area (Å²) in [5, 5.41) is 0. The highest BCUT2D eigenvalue weighted by Crippen LogP contribution is 2.29. The van der Waals surface area contributed by atoms with E-state index in [0.29, 0.717) is 5.54 Å². The molecule has 0 aromatic heterocycles. The highest BCUT2D eigenvalue weighted by Gasteiger charge is 2.31. The lowest BCUT2D eigenvalue weighted by Crippen LogP contribution is -2.43. The molecule has 13 heavy (non-hydrogen) atoms. The zero-order valence-electron chi connectivity index (χ0n) is 9.93. The molecular weight excluding hydrogens is 158 g/mol. The third kappa shape index (κ3) is 2.98. The van der Waals surface area contributed by atoms with E-state index in [-0.39, 0.29) is 0 Å². The number of hydrogen-bond acceptors (Lipinski definition) is 1. The van der Waals surface area contributed by atoms with Crippen LogP contribution in [-0.2, 0) is 0 Å². The predicted octanol–water partition coefficient (Wildman–Crippen LogP) is 3.15. The maximum absolute atomic E-state index is 2.66. The van der Waals surface area contributed by atoms with Crippen LogP contribution in [0.2, 0.25) is 0 Å². The lowest BCUT2D eigenvalue weighted by Gasteiger charge is -2.37. The van der Waals surface area contributed by atoms with Gasteiger partial charge in [-0.2, -0.15) is 0 Å². The molecule has 0 amide bonds. The van der Waals surface area contributed by atoms with Crippen LogP contribution >= 0.6 is 0 Å². The second-order valence-electron chi connectivity index (χ2n) is 5.75. The fourth-order valence-corrected chi connectivity index (χ4v) is 2.61. The van der Waals surface area contributed by atoms with Crippen molar-refractivity contribution in [2.45, 2.75) is 53.0 Å². The molecule has 0 spiro atoms. The molecule has 0 bridgehead atoms. The van der Waals surface area contributed by atoms with Crippen LogP contribution in [0.25, 0.3) is 0 Å². The summed E-state index contributed by atoms with van der Waals surface area (Å²) in [6.45, 7) is 14.4. The summed E-state index contributed by atoms with van der Waals surface area (Å²) in [7, 11) is 0. The molecule has 1 fully saturated rings. The van der Waals surface area contributed by atoms with Crippen LogP contribution < -0.4 is 0 Å². The van der Waals surface area contributed by atoms with E-state index in [1.807, 2.05) is 0 Å². The molecule has 0 N–H and O–H groups in total. The van der Waals surface area contributed by atoms with Gasteiger partial charge in [0.1, 0.15) is 0 Å². The minimum Gasteiger partial charge on any atom is -0.298 e. The van der Waals surface area contributed by atoms with Crippen molar-refractivity contribution in [1.29, 1.82) is 0 Å². The van der Waals surface area contributed by atoms with E-state index in [0.717, 1.165) is 11.8 Å². The van der Waals surface area contributed by atoms with Crippen LogP contribution in [0.5, 0.6) is 0 Å². The van der Waals surface area contributed by atoms with Gasteiger partial charge in [0.25, 0.3) is 0 Å². The third-order valence-electron chi connectivity index (χ3n) is 3.19. The Morgan fingerprint density at radius 3 is 2.38 bits per heavy atom. The molecule has 0 radical (unpaired) electrons. The van der Waals surface area contributed by atoms with Gasteiger partial charge < -0.3 is 0 Å². The van der Waals surface area contributed by atoms with E-state index < -0.39 is 0 Å². The van der Waals surface area contributed by atoms with Gasteiger partial charge in [-0.05, 0) is 45.1 Å². The van der Waals surface area contributed by atoms with Crippen molar-refractivity contribution >= 4 is 0 Å². The molecule has 1 heterocycles. The third-order valence-corrected chi connectivity index (χ3v) is 3.19. The number of likely N-dealkylation sites (tertiary alicyclic amines) is 1. The van der Waals surface area contributed by atoms with E-state index in [1.165, 1.54) is 25.9 Å². The van der Waals surface area contributed by atoms with Crippen LogP contribution in [0.15, 0.2) is 0 Å². The van der Waals surface area contributed by atoms with E-state index in [9.17, 15) is 0 Å². The Kier molecular flexibility index (Phi) is 3.39. The standard InChI is InChI=1S/C12H25N/c1-10(2)8-12(4,5)13-7-6-11(3)9-13/h10-11H,6-9H2,1-5H3. The van der Waals surface area contributed by atoms with Gasteiger partial charge in [0.05, 0.1) is 0 Å². The zero-order valence-corrected chi connectivity index (χ0v) is 9.93. The smallest absolute Gasteiger partial charge is 0.0155 e. The quantitative estimate of drug-likeness (QED) is 0.649. The average molecular weight is 183 g/mol. The molecule has 1 aliphatic heterocycles. The van der Waals surface area contributed by atoms with Crippen LogP contribution in [0, 0.1) is 11.8 Å². The van der Waals surface area contributed by atoms with Gasteiger partial charge in [-0.15, -0.1) is 0 Å². The Balaban J connectivity index is 2.49. The summed E-state index contributed by atoms with van der Waals surface area (Å²) < 4.78 is 0.